The molecule has 0 amide bonds. The Morgan fingerprint density at radius 2 is 2.12 bits per heavy atom. The van der Waals surface area contributed by atoms with E-state index in [1.54, 1.807) is 13.8 Å². The van der Waals surface area contributed by atoms with Crippen LogP contribution in [0.25, 0.3) is 0 Å². The molecule has 0 saturated carbocycles. The number of hydrogen-bond acceptors (Lipinski definition) is 5. The number of rotatable bonds is 6. The highest BCUT2D eigenvalue weighted by atomic mass is 32.2. The highest BCUT2D eigenvalue weighted by Gasteiger charge is 2.20. The molecule has 1 heterocycles. The molecule has 5 nitrogen and oxygen atoms in total. The van der Waals surface area contributed by atoms with Gasteiger partial charge in [0.25, 0.3) is 0 Å². The fourth-order valence-corrected chi connectivity index (χ4v) is 2.42. The summed E-state index contributed by atoms with van der Waals surface area (Å²) in [4.78, 5) is 0. The van der Waals surface area contributed by atoms with E-state index in [1.165, 1.54) is 0 Å². The Hall–Kier alpha value is -0.170. The van der Waals surface area contributed by atoms with Gasteiger partial charge < -0.3 is 14.8 Å². The zero-order chi connectivity index (χ0) is 12.9. The van der Waals surface area contributed by atoms with Crippen LogP contribution in [0.4, 0.5) is 0 Å². The number of sulfone groups is 1. The minimum atomic E-state index is -2.99. The summed E-state index contributed by atoms with van der Waals surface area (Å²) in [5, 5.41) is 2.90. The Kier molecular flexibility index (Phi) is 5.85. The molecule has 0 radical (unpaired) electrons. The van der Waals surface area contributed by atoms with Crippen molar-refractivity contribution in [1.29, 1.82) is 0 Å². The fourth-order valence-electron chi connectivity index (χ4n) is 1.60. The molecule has 1 saturated heterocycles. The van der Waals surface area contributed by atoms with Crippen LogP contribution in [0, 0.1) is 0 Å². The second-order valence-corrected chi connectivity index (χ2v) is 7.39. The highest BCUT2D eigenvalue weighted by molar-refractivity contribution is 7.91. The van der Waals surface area contributed by atoms with E-state index in [0.717, 1.165) is 13.1 Å². The van der Waals surface area contributed by atoms with E-state index in [1.807, 2.05) is 6.92 Å². The number of nitrogens with one attached hydrogen (secondary N) is 1. The molecule has 1 aliphatic rings. The number of ether oxygens (including phenoxy) is 2. The van der Waals surface area contributed by atoms with Crippen molar-refractivity contribution in [3.05, 3.63) is 0 Å². The zero-order valence-corrected chi connectivity index (χ0v) is 11.6. The van der Waals surface area contributed by atoms with Crippen molar-refractivity contribution in [2.75, 3.05) is 32.1 Å². The first-order chi connectivity index (χ1) is 7.92. The average molecular weight is 265 g/mol. The van der Waals surface area contributed by atoms with Crippen molar-refractivity contribution >= 4 is 9.84 Å². The Balaban J connectivity index is 2.16. The Labute approximate surface area is 104 Å². The van der Waals surface area contributed by atoms with Gasteiger partial charge >= 0.3 is 0 Å². The normalized spacial score (nSPS) is 26.4. The van der Waals surface area contributed by atoms with E-state index < -0.39 is 9.84 Å². The molecule has 0 aliphatic carbocycles. The van der Waals surface area contributed by atoms with Crippen molar-refractivity contribution < 1.29 is 17.9 Å². The van der Waals surface area contributed by atoms with Gasteiger partial charge in [-0.3, -0.25) is 0 Å². The summed E-state index contributed by atoms with van der Waals surface area (Å²) in [7, 11) is -2.99. The number of hydrogen-bond donors (Lipinski definition) is 1. The predicted octanol–water partition coefficient (Wildman–Crippen LogP) is 0.203. The fraction of sp³-hybridized carbons (Fsp3) is 1.00. The minimum Gasteiger partial charge on any atom is -0.378 e. The molecule has 1 N–H and O–H groups in total. The van der Waals surface area contributed by atoms with Crippen molar-refractivity contribution in [1.82, 2.24) is 5.32 Å². The van der Waals surface area contributed by atoms with Gasteiger partial charge in [0.2, 0.25) is 0 Å². The van der Waals surface area contributed by atoms with E-state index in [0.29, 0.717) is 6.61 Å². The van der Waals surface area contributed by atoms with Crippen LogP contribution in [0.5, 0.6) is 0 Å². The maximum Gasteiger partial charge on any atom is 0.154 e. The van der Waals surface area contributed by atoms with Gasteiger partial charge in [-0.15, -0.1) is 0 Å². The SMILES string of the molecule is CC1CNCC(COCCS(=O)(=O)C(C)C)O1. The van der Waals surface area contributed by atoms with Gasteiger partial charge in [-0.05, 0) is 20.8 Å². The van der Waals surface area contributed by atoms with E-state index in [9.17, 15) is 8.42 Å². The van der Waals surface area contributed by atoms with Crippen molar-refractivity contribution in [2.24, 2.45) is 0 Å². The first-order valence-corrected chi connectivity index (χ1v) is 7.79. The van der Waals surface area contributed by atoms with Crippen LogP contribution in [-0.2, 0) is 19.3 Å². The maximum atomic E-state index is 11.5. The predicted molar refractivity (Wildman–Crippen MR) is 66.9 cm³/mol. The molecule has 0 aromatic heterocycles. The lowest BCUT2D eigenvalue weighted by Crippen LogP contribution is -2.45. The van der Waals surface area contributed by atoms with Crippen LogP contribution in [-0.4, -0.2) is 57.9 Å². The van der Waals surface area contributed by atoms with E-state index >= 15 is 0 Å². The molecule has 6 heteroatoms. The molecule has 2 atom stereocenters. The smallest absolute Gasteiger partial charge is 0.154 e. The summed E-state index contributed by atoms with van der Waals surface area (Å²) >= 11 is 0. The third-order valence-electron chi connectivity index (χ3n) is 2.76. The summed E-state index contributed by atoms with van der Waals surface area (Å²) in [5.74, 6) is 0.0837. The summed E-state index contributed by atoms with van der Waals surface area (Å²) < 4.78 is 34.0. The standard InChI is InChI=1S/C11H23NO4S/c1-9(2)17(13,14)5-4-15-8-11-7-12-6-10(3)16-11/h9-12H,4-8H2,1-3H3. The van der Waals surface area contributed by atoms with Gasteiger partial charge in [-0.2, -0.15) is 0 Å². The Morgan fingerprint density at radius 3 is 2.71 bits per heavy atom. The van der Waals surface area contributed by atoms with Gasteiger partial charge in [0.15, 0.2) is 9.84 Å². The third-order valence-corrected chi connectivity index (χ3v) is 4.93. The molecule has 17 heavy (non-hydrogen) atoms. The van der Waals surface area contributed by atoms with E-state index in [-0.39, 0.29) is 29.8 Å². The first kappa shape index (κ1) is 14.9. The molecule has 1 rings (SSSR count). The van der Waals surface area contributed by atoms with Gasteiger partial charge in [0.1, 0.15) is 0 Å². The molecule has 2 unspecified atom stereocenters. The average Bonchev–Trinajstić information content (AvgIpc) is 2.24. The van der Waals surface area contributed by atoms with Crippen LogP contribution < -0.4 is 5.32 Å². The summed E-state index contributed by atoms with van der Waals surface area (Å²) in [5.41, 5.74) is 0. The topological polar surface area (TPSA) is 64.6 Å². The monoisotopic (exact) mass is 265 g/mol. The maximum absolute atomic E-state index is 11.5. The molecular weight excluding hydrogens is 242 g/mol. The molecule has 0 aromatic rings. The molecule has 102 valence electrons. The van der Waals surface area contributed by atoms with Crippen molar-refractivity contribution in [3.63, 3.8) is 0 Å². The van der Waals surface area contributed by atoms with Gasteiger partial charge in [-0.1, -0.05) is 0 Å². The van der Waals surface area contributed by atoms with Crippen LogP contribution in [0.2, 0.25) is 0 Å². The van der Waals surface area contributed by atoms with Gasteiger partial charge in [0, 0.05) is 13.1 Å². The lowest BCUT2D eigenvalue weighted by molar-refractivity contribution is -0.0665. The largest absolute Gasteiger partial charge is 0.378 e. The Bertz CT molecular complexity index is 315. The van der Waals surface area contributed by atoms with Crippen LogP contribution in [0.1, 0.15) is 20.8 Å². The molecule has 0 spiro atoms. The van der Waals surface area contributed by atoms with Crippen LogP contribution in [0.15, 0.2) is 0 Å². The molecule has 1 aliphatic heterocycles. The van der Waals surface area contributed by atoms with Crippen molar-refractivity contribution in [2.45, 2.75) is 38.2 Å². The van der Waals surface area contributed by atoms with Crippen LogP contribution in [0.3, 0.4) is 0 Å². The summed E-state index contributed by atoms with van der Waals surface area (Å²) in [6, 6.07) is 0. The highest BCUT2D eigenvalue weighted by Crippen LogP contribution is 2.04. The third kappa shape index (κ3) is 5.33. The molecule has 0 bridgehead atoms. The quantitative estimate of drug-likeness (QED) is 0.695. The second-order valence-electron chi connectivity index (χ2n) is 4.72. The van der Waals surface area contributed by atoms with Gasteiger partial charge in [-0.25, -0.2) is 8.42 Å². The second kappa shape index (κ2) is 6.68. The summed E-state index contributed by atoms with van der Waals surface area (Å²) in [6.45, 7) is 7.69. The Morgan fingerprint density at radius 1 is 1.41 bits per heavy atom. The van der Waals surface area contributed by atoms with Gasteiger partial charge in [0.05, 0.1) is 36.4 Å². The first-order valence-electron chi connectivity index (χ1n) is 6.07. The lowest BCUT2D eigenvalue weighted by atomic mass is 10.2. The van der Waals surface area contributed by atoms with E-state index in [2.05, 4.69) is 5.32 Å². The van der Waals surface area contributed by atoms with Crippen LogP contribution >= 0.6 is 0 Å². The number of morpholine rings is 1. The molecular formula is C11H23NO4S. The van der Waals surface area contributed by atoms with Crippen molar-refractivity contribution in [3.8, 4) is 0 Å². The minimum absolute atomic E-state index is 0.0282. The lowest BCUT2D eigenvalue weighted by Gasteiger charge is -2.28. The summed E-state index contributed by atoms with van der Waals surface area (Å²) in [6.07, 6.45) is 0.220. The zero-order valence-electron chi connectivity index (χ0n) is 10.8. The molecule has 0 aromatic carbocycles. The molecule has 1 fully saturated rings. The van der Waals surface area contributed by atoms with E-state index in [4.69, 9.17) is 9.47 Å².